The fraction of sp³-hybridized carbons (Fsp3) is 0.462. The third-order valence-electron chi connectivity index (χ3n) is 3.25. The van der Waals surface area contributed by atoms with E-state index in [9.17, 15) is 9.18 Å². The molecule has 1 fully saturated rings. The highest BCUT2D eigenvalue weighted by Gasteiger charge is 2.24. The van der Waals surface area contributed by atoms with E-state index in [1.54, 1.807) is 12.1 Å². The molecule has 1 atom stereocenters. The number of likely N-dealkylation sites (tertiary alicyclic amines) is 1. The first-order valence-electron chi connectivity index (χ1n) is 6.19. The first-order chi connectivity index (χ1) is 9.08. The third kappa shape index (κ3) is 3.57. The van der Waals surface area contributed by atoms with E-state index in [0.29, 0.717) is 24.3 Å². The van der Waals surface area contributed by atoms with Crippen LogP contribution in [0.4, 0.5) is 14.9 Å². The molecule has 104 valence electrons. The lowest BCUT2D eigenvalue weighted by Crippen LogP contribution is -2.36. The Morgan fingerprint density at radius 3 is 3.11 bits per heavy atom. The van der Waals surface area contributed by atoms with E-state index in [1.807, 2.05) is 0 Å². The lowest BCUT2D eigenvalue weighted by Gasteiger charge is -2.17. The van der Waals surface area contributed by atoms with Crippen LogP contribution in [0.15, 0.2) is 18.2 Å². The number of alkyl carbamates (subject to hydrolysis) is 1. The molecule has 0 saturated carbocycles. The number of amides is 1. The number of hydrogen-bond donors (Lipinski definition) is 2. The molecule has 0 aliphatic carbocycles. The Kier molecular flexibility index (Phi) is 4.21. The zero-order valence-corrected chi connectivity index (χ0v) is 10.9. The van der Waals surface area contributed by atoms with E-state index in [2.05, 4.69) is 15.0 Å². The van der Waals surface area contributed by atoms with Crippen molar-refractivity contribution in [1.29, 1.82) is 0 Å². The van der Waals surface area contributed by atoms with Crippen LogP contribution in [0, 0.1) is 5.82 Å². The number of hydrogen-bond acceptors (Lipinski definition) is 4. The van der Waals surface area contributed by atoms with E-state index in [0.717, 1.165) is 13.0 Å². The van der Waals surface area contributed by atoms with Crippen LogP contribution in [0.1, 0.15) is 12.0 Å². The van der Waals surface area contributed by atoms with Crippen LogP contribution in [0.2, 0.25) is 0 Å². The number of carbonyl (C=O) groups excluding carboxylic acids is 1. The second-order valence-corrected chi connectivity index (χ2v) is 4.71. The summed E-state index contributed by atoms with van der Waals surface area (Å²) in [4.78, 5) is 13.2. The standard InChI is InChI=1S/C13H18FN3O2/c1-19-13(18)16-11-4-5-17(8-11)7-9-2-3-10(15)6-12(9)14/h2-3,6,11H,4-5,7-8,15H2,1H3,(H,16,18). The number of nitrogen functional groups attached to an aromatic ring is 1. The molecule has 19 heavy (non-hydrogen) atoms. The third-order valence-corrected chi connectivity index (χ3v) is 3.25. The van der Waals surface area contributed by atoms with Gasteiger partial charge in [-0.15, -0.1) is 0 Å². The normalized spacial score (nSPS) is 19.4. The number of ether oxygens (including phenoxy) is 1. The van der Waals surface area contributed by atoms with Crippen LogP contribution in [-0.2, 0) is 11.3 Å². The van der Waals surface area contributed by atoms with Gasteiger partial charge in [0.1, 0.15) is 5.82 Å². The number of anilines is 1. The van der Waals surface area contributed by atoms with Crippen LogP contribution in [-0.4, -0.2) is 37.2 Å². The van der Waals surface area contributed by atoms with Gasteiger partial charge < -0.3 is 15.8 Å². The summed E-state index contributed by atoms with van der Waals surface area (Å²) < 4.78 is 18.2. The van der Waals surface area contributed by atoms with E-state index < -0.39 is 6.09 Å². The van der Waals surface area contributed by atoms with E-state index >= 15 is 0 Å². The Balaban J connectivity index is 1.89. The van der Waals surface area contributed by atoms with Gasteiger partial charge in [-0.25, -0.2) is 9.18 Å². The number of rotatable bonds is 3. The number of carbonyl (C=O) groups is 1. The molecule has 3 N–H and O–H groups in total. The predicted molar refractivity (Wildman–Crippen MR) is 70.0 cm³/mol. The molecule has 0 aromatic heterocycles. The van der Waals surface area contributed by atoms with Crippen LogP contribution < -0.4 is 11.1 Å². The minimum absolute atomic E-state index is 0.0595. The van der Waals surface area contributed by atoms with Crippen molar-refractivity contribution in [2.75, 3.05) is 25.9 Å². The average molecular weight is 267 g/mol. The van der Waals surface area contributed by atoms with Gasteiger partial charge in [0.15, 0.2) is 0 Å². The fourth-order valence-corrected chi connectivity index (χ4v) is 2.25. The maximum atomic E-state index is 13.7. The Labute approximate surface area is 111 Å². The van der Waals surface area contributed by atoms with Crippen molar-refractivity contribution in [2.45, 2.75) is 19.0 Å². The highest BCUT2D eigenvalue weighted by atomic mass is 19.1. The van der Waals surface area contributed by atoms with Crippen molar-refractivity contribution in [3.05, 3.63) is 29.6 Å². The number of benzene rings is 1. The molecule has 1 aromatic rings. The molecule has 1 aromatic carbocycles. The number of nitrogens with zero attached hydrogens (tertiary/aromatic N) is 1. The second-order valence-electron chi connectivity index (χ2n) is 4.71. The van der Waals surface area contributed by atoms with E-state index in [-0.39, 0.29) is 11.9 Å². The van der Waals surface area contributed by atoms with Gasteiger partial charge in [0.05, 0.1) is 7.11 Å². The summed E-state index contributed by atoms with van der Waals surface area (Å²) in [5.74, 6) is -0.288. The van der Waals surface area contributed by atoms with Crippen LogP contribution >= 0.6 is 0 Å². The molecule has 1 heterocycles. The van der Waals surface area contributed by atoms with E-state index in [4.69, 9.17) is 5.73 Å². The van der Waals surface area contributed by atoms with Gasteiger partial charge in [-0.2, -0.15) is 0 Å². The molecule has 6 heteroatoms. The molecule has 1 aliphatic rings. The molecule has 0 spiro atoms. The number of nitrogens with one attached hydrogen (secondary N) is 1. The van der Waals surface area contributed by atoms with Crippen molar-refractivity contribution < 1.29 is 13.9 Å². The lowest BCUT2D eigenvalue weighted by molar-refractivity contribution is 0.166. The van der Waals surface area contributed by atoms with Crippen molar-refractivity contribution in [3.8, 4) is 0 Å². The minimum atomic E-state index is -0.425. The van der Waals surface area contributed by atoms with Crippen molar-refractivity contribution in [3.63, 3.8) is 0 Å². The van der Waals surface area contributed by atoms with Crippen molar-refractivity contribution >= 4 is 11.8 Å². The highest BCUT2D eigenvalue weighted by Crippen LogP contribution is 2.17. The quantitative estimate of drug-likeness (QED) is 0.811. The van der Waals surface area contributed by atoms with Crippen LogP contribution in [0.25, 0.3) is 0 Å². The summed E-state index contributed by atoms with van der Waals surface area (Å²) in [7, 11) is 1.34. The zero-order valence-electron chi connectivity index (χ0n) is 10.9. The monoisotopic (exact) mass is 267 g/mol. The van der Waals surface area contributed by atoms with Gasteiger partial charge in [-0.1, -0.05) is 6.07 Å². The SMILES string of the molecule is COC(=O)NC1CCN(Cc2ccc(N)cc2F)C1. The smallest absolute Gasteiger partial charge is 0.407 e. The molecule has 2 rings (SSSR count). The van der Waals surface area contributed by atoms with Gasteiger partial charge in [-0.05, 0) is 18.6 Å². The topological polar surface area (TPSA) is 67.6 Å². The molecule has 1 saturated heterocycles. The molecule has 0 bridgehead atoms. The fourth-order valence-electron chi connectivity index (χ4n) is 2.25. The predicted octanol–water partition coefficient (Wildman–Crippen LogP) is 1.34. The summed E-state index contributed by atoms with van der Waals surface area (Å²) in [5.41, 5.74) is 6.56. The Hall–Kier alpha value is -1.82. The maximum absolute atomic E-state index is 13.7. The summed E-state index contributed by atoms with van der Waals surface area (Å²) in [6.07, 6.45) is 0.414. The molecule has 5 nitrogen and oxygen atoms in total. The molecule has 0 radical (unpaired) electrons. The Morgan fingerprint density at radius 2 is 2.42 bits per heavy atom. The summed E-state index contributed by atoms with van der Waals surface area (Å²) in [6, 6.07) is 4.78. The Bertz CT molecular complexity index is 467. The average Bonchev–Trinajstić information content (AvgIpc) is 2.80. The van der Waals surface area contributed by atoms with E-state index in [1.165, 1.54) is 13.2 Å². The molecule has 1 unspecified atom stereocenters. The summed E-state index contributed by atoms with van der Waals surface area (Å²) in [5, 5.41) is 2.75. The molecular formula is C13H18FN3O2. The zero-order chi connectivity index (χ0) is 13.8. The van der Waals surface area contributed by atoms with Gasteiger partial charge in [0.2, 0.25) is 0 Å². The first-order valence-corrected chi connectivity index (χ1v) is 6.19. The number of halogens is 1. The largest absolute Gasteiger partial charge is 0.453 e. The van der Waals surface area contributed by atoms with Crippen molar-refractivity contribution in [2.24, 2.45) is 0 Å². The minimum Gasteiger partial charge on any atom is -0.453 e. The van der Waals surface area contributed by atoms with Gasteiger partial charge in [0.25, 0.3) is 0 Å². The lowest BCUT2D eigenvalue weighted by atomic mass is 10.2. The Morgan fingerprint density at radius 1 is 1.63 bits per heavy atom. The van der Waals surface area contributed by atoms with Crippen molar-refractivity contribution in [1.82, 2.24) is 10.2 Å². The highest BCUT2D eigenvalue weighted by molar-refractivity contribution is 5.67. The number of nitrogens with two attached hydrogens (primary N) is 1. The molecule has 1 amide bonds. The van der Waals surface area contributed by atoms with Crippen LogP contribution in [0.3, 0.4) is 0 Å². The van der Waals surface area contributed by atoms with Gasteiger partial charge in [-0.3, -0.25) is 4.90 Å². The number of methoxy groups -OCH3 is 1. The molecular weight excluding hydrogens is 249 g/mol. The summed E-state index contributed by atoms with van der Waals surface area (Å²) in [6.45, 7) is 2.03. The first kappa shape index (κ1) is 13.6. The summed E-state index contributed by atoms with van der Waals surface area (Å²) >= 11 is 0. The maximum Gasteiger partial charge on any atom is 0.407 e. The van der Waals surface area contributed by atoms with Gasteiger partial charge in [0, 0.05) is 36.9 Å². The van der Waals surface area contributed by atoms with Crippen LogP contribution in [0.5, 0.6) is 0 Å². The molecule has 1 aliphatic heterocycles. The second kappa shape index (κ2) is 5.88. The van der Waals surface area contributed by atoms with Gasteiger partial charge >= 0.3 is 6.09 Å².